The summed E-state index contributed by atoms with van der Waals surface area (Å²) >= 11 is 0. The van der Waals surface area contributed by atoms with Gasteiger partial charge in [-0.2, -0.15) is 0 Å². The molecule has 3 atom stereocenters. The summed E-state index contributed by atoms with van der Waals surface area (Å²) in [5.41, 5.74) is 2.18. The highest BCUT2D eigenvalue weighted by atomic mass is 16.5. The van der Waals surface area contributed by atoms with Crippen LogP contribution in [0.25, 0.3) is 0 Å². The standard InChI is InChI=1S/C24H28N2O3/c1-16(2)21-14-9-17(3)15-22(21)29-20-12-10-19(11-13-20)25-24(28)26-23(27)18-7-5-4-6-8-18/h4-8,10-13,17,21-22H,1,9,14-15H2,2-3H3,(H2,25,26,27,28). The SMILES string of the molecule is C=C(C)C1CCC(C)CC1Oc1ccc(NC(=O)NC(=O)c2ccccc2)cc1. The Morgan fingerprint density at radius 2 is 1.72 bits per heavy atom. The van der Waals surface area contributed by atoms with Gasteiger partial charge in [0.25, 0.3) is 5.91 Å². The number of anilines is 1. The number of nitrogens with one attached hydrogen (secondary N) is 2. The van der Waals surface area contributed by atoms with Crippen LogP contribution in [0.5, 0.6) is 5.75 Å². The van der Waals surface area contributed by atoms with E-state index in [2.05, 4.69) is 31.1 Å². The number of amides is 3. The third-order valence-corrected chi connectivity index (χ3v) is 5.35. The maximum atomic E-state index is 12.1. The van der Waals surface area contributed by atoms with Crippen molar-refractivity contribution in [1.29, 1.82) is 0 Å². The predicted molar refractivity (Wildman–Crippen MR) is 115 cm³/mol. The second-order valence-corrected chi connectivity index (χ2v) is 7.83. The van der Waals surface area contributed by atoms with Gasteiger partial charge in [0, 0.05) is 17.2 Å². The topological polar surface area (TPSA) is 67.4 Å². The van der Waals surface area contributed by atoms with Crippen molar-refractivity contribution < 1.29 is 14.3 Å². The summed E-state index contributed by atoms with van der Waals surface area (Å²) in [7, 11) is 0. The van der Waals surface area contributed by atoms with Gasteiger partial charge in [-0.05, 0) is 68.5 Å². The molecule has 0 radical (unpaired) electrons. The maximum Gasteiger partial charge on any atom is 0.326 e. The Morgan fingerprint density at radius 3 is 2.38 bits per heavy atom. The molecule has 5 nitrogen and oxygen atoms in total. The average molecular weight is 392 g/mol. The molecular weight excluding hydrogens is 364 g/mol. The minimum Gasteiger partial charge on any atom is -0.490 e. The molecule has 2 aromatic carbocycles. The predicted octanol–water partition coefficient (Wildman–Crippen LogP) is 5.41. The highest BCUT2D eigenvalue weighted by Gasteiger charge is 2.30. The summed E-state index contributed by atoms with van der Waals surface area (Å²) in [6.45, 7) is 8.45. The van der Waals surface area contributed by atoms with Crippen LogP contribution in [0, 0.1) is 11.8 Å². The van der Waals surface area contributed by atoms with Crippen molar-refractivity contribution in [3.05, 3.63) is 72.3 Å². The van der Waals surface area contributed by atoms with E-state index < -0.39 is 11.9 Å². The van der Waals surface area contributed by atoms with E-state index in [0.29, 0.717) is 23.1 Å². The average Bonchev–Trinajstić information content (AvgIpc) is 2.70. The molecule has 2 N–H and O–H groups in total. The van der Waals surface area contributed by atoms with E-state index >= 15 is 0 Å². The first-order valence-electron chi connectivity index (χ1n) is 10.0. The summed E-state index contributed by atoms with van der Waals surface area (Å²) in [4.78, 5) is 24.1. The number of urea groups is 1. The number of hydrogen-bond donors (Lipinski definition) is 2. The van der Waals surface area contributed by atoms with Gasteiger partial charge >= 0.3 is 6.03 Å². The second kappa shape index (κ2) is 9.41. The lowest BCUT2D eigenvalue weighted by Crippen LogP contribution is -2.34. The number of rotatable bonds is 5. The van der Waals surface area contributed by atoms with E-state index in [1.807, 2.05) is 18.2 Å². The maximum absolute atomic E-state index is 12.1. The van der Waals surface area contributed by atoms with Crippen LogP contribution in [-0.2, 0) is 0 Å². The van der Waals surface area contributed by atoms with Gasteiger partial charge in [-0.3, -0.25) is 10.1 Å². The summed E-state index contributed by atoms with van der Waals surface area (Å²) in [5, 5.41) is 4.99. The van der Waals surface area contributed by atoms with Gasteiger partial charge in [-0.25, -0.2) is 4.79 Å². The van der Waals surface area contributed by atoms with Crippen molar-refractivity contribution in [2.75, 3.05) is 5.32 Å². The zero-order valence-electron chi connectivity index (χ0n) is 17.0. The van der Waals surface area contributed by atoms with Gasteiger partial charge in [-0.15, -0.1) is 0 Å². The highest BCUT2D eigenvalue weighted by Crippen LogP contribution is 2.35. The number of benzene rings is 2. The highest BCUT2D eigenvalue weighted by molar-refractivity contribution is 6.07. The summed E-state index contributed by atoms with van der Waals surface area (Å²) in [6.07, 6.45) is 3.46. The van der Waals surface area contributed by atoms with Gasteiger partial charge < -0.3 is 10.1 Å². The fourth-order valence-corrected chi connectivity index (χ4v) is 3.74. The Hall–Kier alpha value is -3.08. The molecule has 1 saturated carbocycles. The quantitative estimate of drug-likeness (QED) is 0.669. The van der Waals surface area contributed by atoms with E-state index in [0.717, 1.165) is 18.6 Å². The number of hydrogen-bond acceptors (Lipinski definition) is 3. The first-order valence-corrected chi connectivity index (χ1v) is 10.0. The molecule has 0 spiro atoms. The lowest BCUT2D eigenvalue weighted by atomic mass is 9.77. The third kappa shape index (κ3) is 5.70. The Labute approximate surface area is 172 Å². The molecule has 3 unspecified atom stereocenters. The van der Waals surface area contributed by atoms with Crippen LogP contribution < -0.4 is 15.4 Å². The summed E-state index contributed by atoms with van der Waals surface area (Å²) in [6, 6.07) is 15.2. The Morgan fingerprint density at radius 1 is 1.03 bits per heavy atom. The van der Waals surface area contributed by atoms with Gasteiger partial charge in [0.15, 0.2) is 0 Å². The van der Waals surface area contributed by atoms with E-state index in [1.165, 1.54) is 12.0 Å². The Balaban J connectivity index is 1.56. The van der Waals surface area contributed by atoms with Crippen molar-refractivity contribution in [2.24, 2.45) is 11.8 Å². The van der Waals surface area contributed by atoms with Crippen LogP contribution in [0.1, 0.15) is 43.5 Å². The van der Waals surface area contributed by atoms with Crippen molar-refractivity contribution >= 4 is 17.6 Å². The van der Waals surface area contributed by atoms with Crippen molar-refractivity contribution in [3.8, 4) is 5.75 Å². The lowest BCUT2D eigenvalue weighted by Gasteiger charge is -2.35. The van der Waals surface area contributed by atoms with Crippen molar-refractivity contribution in [1.82, 2.24) is 5.32 Å². The monoisotopic (exact) mass is 392 g/mol. The van der Waals surface area contributed by atoms with Crippen LogP contribution in [0.4, 0.5) is 10.5 Å². The molecule has 2 aromatic rings. The molecular formula is C24H28N2O3. The first kappa shape index (κ1) is 20.6. The van der Waals surface area contributed by atoms with E-state index in [1.54, 1.807) is 36.4 Å². The van der Waals surface area contributed by atoms with Gasteiger partial charge in [0.1, 0.15) is 11.9 Å². The number of imide groups is 1. The van der Waals surface area contributed by atoms with Crippen molar-refractivity contribution in [2.45, 2.75) is 39.2 Å². The molecule has 1 fully saturated rings. The van der Waals surface area contributed by atoms with Gasteiger partial charge in [0.05, 0.1) is 0 Å². The second-order valence-electron chi connectivity index (χ2n) is 7.83. The Bertz CT molecular complexity index is 861. The molecule has 152 valence electrons. The minimum atomic E-state index is -0.573. The van der Waals surface area contributed by atoms with E-state index in [4.69, 9.17) is 4.74 Å². The molecule has 0 heterocycles. The molecule has 1 aliphatic carbocycles. The van der Waals surface area contributed by atoms with E-state index in [9.17, 15) is 9.59 Å². The van der Waals surface area contributed by atoms with Crippen LogP contribution >= 0.6 is 0 Å². The number of ether oxygens (including phenoxy) is 1. The molecule has 5 heteroatoms. The normalized spacial score (nSPS) is 21.1. The lowest BCUT2D eigenvalue weighted by molar-refractivity contribution is 0.0873. The zero-order valence-corrected chi connectivity index (χ0v) is 17.0. The molecule has 0 aromatic heterocycles. The molecule has 3 rings (SSSR count). The summed E-state index contributed by atoms with van der Waals surface area (Å²) < 4.78 is 6.24. The summed E-state index contributed by atoms with van der Waals surface area (Å²) in [5.74, 6) is 1.34. The minimum absolute atomic E-state index is 0.127. The van der Waals surface area contributed by atoms with Crippen LogP contribution in [0.15, 0.2) is 66.7 Å². The van der Waals surface area contributed by atoms with Gasteiger partial charge in [-0.1, -0.05) is 37.3 Å². The fraction of sp³-hybridized carbons (Fsp3) is 0.333. The Kier molecular flexibility index (Phi) is 6.70. The smallest absolute Gasteiger partial charge is 0.326 e. The van der Waals surface area contributed by atoms with Crippen molar-refractivity contribution in [3.63, 3.8) is 0 Å². The molecule has 0 bridgehead atoms. The molecule has 3 amide bonds. The molecule has 1 aliphatic rings. The zero-order chi connectivity index (χ0) is 20.8. The first-order chi connectivity index (χ1) is 13.9. The van der Waals surface area contributed by atoms with Crippen LogP contribution in [0.3, 0.4) is 0 Å². The number of carbonyl (C=O) groups excluding carboxylic acids is 2. The largest absolute Gasteiger partial charge is 0.490 e. The molecule has 29 heavy (non-hydrogen) atoms. The van der Waals surface area contributed by atoms with Crippen LogP contribution in [-0.4, -0.2) is 18.0 Å². The molecule has 0 aliphatic heterocycles. The van der Waals surface area contributed by atoms with Gasteiger partial charge in [0.2, 0.25) is 0 Å². The fourth-order valence-electron chi connectivity index (χ4n) is 3.74. The molecule has 0 saturated heterocycles. The van der Waals surface area contributed by atoms with Crippen LogP contribution in [0.2, 0.25) is 0 Å². The van der Waals surface area contributed by atoms with E-state index in [-0.39, 0.29) is 6.10 Å². The number of carbonyl (C=O) groups is 2. The third-order valence-electron chi connectivity index (χ3n) is 5.35.